The summed E-state index contributed by atoms with van der Waals surface area (Å²) in [5.74, 6) is 0.854. The van der Waals surface area contributed by atoms with Gasteiger partial charge in [-0.05, 0) is 41.8 Å². The minimum atomic E-state index is 0.373. The van der Waals surface area contributed by atoms with E-state index in [-0.39, 0.29) is 0 Å². The normalized spacial score (nSPS) is 10.5. The summed E-state index contributed by atoms with van der Waals surface area (Å²) in [6.07, 6.45) is 0. The lowest BCUT2D eigenvalue weighted by Crippen LogP contribution is -2.02. The lowest BCUT2D eigenvalue weighted by Gasteiger charge is -2.09. The van der Waals surface area contributed by atoms with E-state index in [4.69, 9.17) is 10.3 Å². The largest absolute Gasteiger partial charge is 0.497 e. The van der Waals surface area contributed by atoms with Gasteiger partial charge in [-0.3, -0.25) is 0 Å². The Kier molecular flexibility index (Phi) is 4.22. The van der Waals surface area contributed by atoms with Crippen molar-refractivity contribution in [1.82, 2.24) is 4.57 Å². The number of rotatable bonds is 5. The highest BCUT2D eigenvalue weighted by atomic mass is 16.5. The van der Waals surface area contributed by atoms with E-state index < -0.39 is 0 Å². The Morgan fingerprint density at radius 2 is 1.87 bits per heavy atom. The maximum Gasteiger partial charge on any atom is 0.118 e. The quantitative estimate of drug-likeness (QED) is 0.379. The number of azide groups is 1. The van der Waals surface area contributed by atoms with Crippen LogP contribution in [0.3, 0.4) is 0 Å². The van der Waals surface area contributed by atoms with Crippen LogP contribution < -0.4 is 4.74 Å². The van der Waals surface area contributed by atoms with E-state index in [0.717, 1.165) is 34.5 Å². The maximum atomic E-state index is 8.62. The minimum absolute atomic E-state index is 0.373. The van der Waals surface area contributed by atoms with Crippen LogP contribution in [0.25, 0.3) is 21.3 Å². The van der Waals surface area contributed by atoms with Crippen molar-refractivity contribution in [2.24, 2.45) is 5.11 Å². The number of nitrogens with zero attached hydrogens (tertiary/aromatic N) is 4. The standard InChI is InChI=1S/C18H18N4O/c1-13-17(11-20-21-19)16-5-3-4-6-18(16)22(13)12-14-7-9-15(23-2)10-8-14/h3-10H,11-12H2,1-2H3. The van der Waals surface area contributed by atoms with Crippen molar-refractivity contribution >= 4 is 10.9 Å². The van der Waals surface area contributed by atoms with Crippen molar-refractivity contribution in [3.63, 3.8) is 0 Å². The lowest BCUT2D eigenvalue weighted by atomic mass is 10.1. The van der Waals surface area contributed by atoms with Gasteiger partial charge >= 0.3 is 0 Å². The summed E-state index contributed by atoms with van der Waals surface area (Å²) in [5, 5.41) is 4.89. The van der Waals surface area contributed by atoms with Gasteiger partial charge in [-0.15, -0.1) is 0 Å². The average molecular weight is 306 g/mol. The number of methoxy groups -OCH3 is 1. The Morgan fingerprint density at radius 1 is 1.13 bits per heavy atom. The van der Waals surface area contributed by atoms with E-state index in [1.807, 2.05) is 24.3 Å². The molecule has 0 atom stereocenters. The first-order chi connectivity index (χ1) is 11.2. The number of hydrogen-bond donors (Lipinski definition) is 0. The molecular weight excluding hydrogens is 288 g/mol. The molecule has 0 aliphatic heterocycles. The van der Waals surface area contributed by atoms with Crippen LogP contribution in [0.1, 0.15) is 16.8 Å². The number of ether oxygens (including phenoxy) is 1. The van der Waals surface area contributed by atoms with E-state index in [1.54, 1.807) is 7.11 Å². The van der Waals surface area contributed by atoms with Gasteiger partial charge in [0.15, 0.2) is 0 Å². The van der Waals surface area contributed by atoms with E-state index in [1.165, 1.54) is 5.56 Å². The van der Waals surface area contributed by atoms with Gasteiger partial charge < -0.3 is 9.30 Å². The summed E-state index contributed by atoms with van der Waals surface area (Å²) in [5.41, 5.74) is 13.2. The summed E-state index contributed by atoms with van der Waals surface area (Å²) in [4.78, 5) is 2.89. The molecule has 0 amide bonds. The zero-order chi connectivity index (χ0) is 16.2. The molecule has 0 saturated carbocycles. The highest BCUT2D eigenvalue weighted by molar-refractivity contribution is 5.85. The third-order valence-corrected chi connectivity index (χ3v) is 4.15. The summed E-state index contributed by atoms with van der Waals surface area (Å²) in [6, 6.07) is 16.3. The Bertz CT molecular complexity index is 874. The summed E-state index contributed by atoms with van der Waals surface area (Å²) in [6.45, 7) is 3.22. The molecular formula is C18H18N4O. The van der Waals surface area contributed by atoms with E-state index in [9.17, 15) is 0 Å². The van der Waals surface area contributed by atoms with Gasteiger partial charge in [0, 0.05) is 28.1 Å². The first-order valence-corrected chi connectivity index (χ1v) is 7.45. The zero-order valence-corrected chi connectivity index (χ0v) is 13.2. The third kappa shape index (κ3) is 2.87. The van der Waals surface area contributed by atoms with Gasteiger partial charge in [0.1, 0.15) is 5.75 Å². The van der Waals surface area contributed by atoms with E-state index >= 15 is 0 Å². The summed E-state index contributed by atoms with van der Waals surface area (Å²) in [7, 11) is 1.67. The molecule has 0 radical (unpaired) electrons. The highest BCUT2D eigenvalue weighted by Crippen LogP contribution is 2.27. The Morgan fingerprint density at radius 3 is 2.57 bits per heavy atom. The number of hydrogen-bond acceptors (Lipinski definition) is 2. The molecule has 116 valence electrons. The molecule has 0 N–H and O–H groups in total. The fourth-order valence-corrected chi connectivity index (χ4v) is 2.92. The molecule has 0 bridgehead atoms. The topological polar surface area (TPSA) is 62.9 Å². The van der Waals surface area contributed by atoms with Crippen LogP contribution in [0, 0.1) is 6.92 Å². The SMILES string of the molecule is COc1ccc(Cn2c(C)c(CN=[N+]=[N-])c3ccccc32)cc1. The smallest absolute Gasteiger partial charge is 0.118 e. The van der Waals surface area contributed by atoms with Crippen LogP contribution in [0.2, 0.25) is 0 Å². The van der Waals surface area contributed by atoms with Crippen molar-refractivity contribution in [3.05, 3.63) is 75.8 Å². The molecule has 0 spiro atoms. The fraction of sp³-hybridized carbons (Fsp3) is 0.222. The molecule has 0 fully saturated rings. The minimum Gasteiger partial charge on any atom is -0.497 e. The Labute approximate surface area is 134 Å². The van der Waals surface area contributed by atoms with Gasteiger partial charge in [0.25, 0.3) is 0 Å². The second-order valence-corrected chi connectivity index (χ2v) is 5.40. The Balaban J connectivity index is 2.05. The predicted octanol–water partition coefficient (Wildman–Crippen LogP) is 4.82. The zero-order valence-electron chi connectivity index (χ0n) is 13.2. The van der Waals surface area contributed by atoms with Crippen molar-refractivity contribution < 1.29 is 4.74 Å². The maximum absolute atomic E-state index is 8.62. The molecule has 0 aliphatic carbocycles. The molecule has 3 aromatic rings. The van der Waals surface area contributed by atoms with Crippen molar-refractivity contribution in [2.45, 2.75) is 20.0 Å². The van der Waals surface area contributed by atoms with E-state index in [0.29, 0.717) is 6.54 Å². The van der Waals surface area contributed by atoms with Crippen LogP contribution >= 0.6 is 0 Å². The number of aromatic nitrogens is 1. The van der Waals surface area contributed by atoms with Crippen LogP contribution in [0.5, 0.6) is 5.75 Å². The van der Waals surface area contributed by atoms with Gasteiger partial charge in [0.2, 0.25) is 0 Å². The fourth-order valence-electron chi connectivity index (χ4n) is 2.92. The molecule has 5 heteroatoms. The summed E-state index contributed by atoms with van der Waals surface area (Å²) < 4.78 is 7.47. The van der Waals surface area contributed by atoms with Crippen LogP contribution in [-0.2, 0) is 13.1 Å². The van der Waals surface area contributed by atoms with Gasteiger partial charge in [-0.2, -0.15) is 0 Å². The van der Waals surface area contributed by atoms with Crippen LogP contribution in [0.4, 0.5) is 0 Å². The molecule has 0 saturated heterocycles. The van der Waals surface area contributed by atoms with E-state index in [2.05, 4.69) is 45.8 Å². The van der Waals surface area contributed by atoms with Gasteiger partial charge in [0.05, 0.1) is 13.7 Å². The first-order valence-electron chi connectivity index (χ1n) is 7.45. The monoisotopic (exact) mass is 306 g/mol. The predicted molar refractivity (Wildman–Crippen MR) is 91.6 cm³/mol. The molecule has 0 aliphatic rings. The van der Waals surface area contributed by atoms with Crippen molar-refractivity contribution in [3.8, 4) is 5.75 Å². The highest BCUT2D eigenvalue weighted by Gasteiger charge is 2.13. The second kappa shape index (κ2) is 6.46. The van der Waals surface area contributed by atoms with Crippen LogP contribution in [0.15, 0.2) is 53.6 Å². The Hall–Kier alpha value is -2.91. The number of fused-ring (bicyclic) bond motifs is 1. The summed E-state index contributed by atoms with van der Waals surface area (Å²) >= 11 is 0. The average Bonchev–Trinajstić information content (AvgIpc) is 2.86. The lowest BCUT2D eigenvalue weighted by molar-refractivity contribution is 0.414. The van der Waals surface area contributed by atoms with Crippen LogP contribution in [-0.4, -0.2) is 11.7 Å². The first kappa shape index (κ1) is 15.0. The molecule has 1 heterocycles. The number of benzene rings is 2. The van der Waals surface area contributed by atoms with Gasteiger partial charge in [-0.1, -0.05) is 35.4 Å². The molecule has 5 nitrogen and oxygen atoms in total. The van der Waals surface area contributed by atoms with Gasteiger partial charge in [-0.25, -0.2) is 0 Å². The molecule has 1 aromatic heterocycles. The molecule has 3 rings (SSSR count). The molecule has 2 aromatic carbocycles. The van der Waals surface area contributed by atoms with Crippen molar-refractivity contribution in [2.75, 3.05) is 7.11 Å². The number of para-hydroxylation sites is 1. The third-order valence-electron chi connectivity index (χ3n) is 4.15. The second-order valence-electron chi connectivity index (χ2n) is 5.40. The molecule has 0 unspecified atom stereocenters. The van der Waals surface area contributed by atoms with Crippen molar-refractivity contribution in [1.29, 1.82) is 0 Å². The molecule has 23 heavy (non-hydrogen) atoms.